The quantitative estimate of drug-likeness (QED) is 0.312. The van der Waals surface area contributed by atoms with E-state index < -0.39 is 29.7 Å². The summed E-state index contributed by atoms with van der Waals surface area (Å²) >= 11 is 6.09. The lowest BCUT2D eigenvalue weighted by Crippen LogP contribution is -2.25. The summed E-state index contributed by atoms with van der Waals surface area (Å²) < 4.78 is 49.1. The molecular formula is C25H19ClF3NO4. The second-order valence-electron chi connectivity index (χ2n) is 7.02. The molecule has 5 nitrogen and oxygen atoms in total. The first-order chi connectivity index (χ1) is 16.2. The summed E-state index contributed by atoms with van der Waals surface area (Å²) in [6.07, 6.45) is -3.68. The topological polar surface area (TPSA) is 64.6 Å². The fourth-order valence-electron chi connectivity index (χ4n) is 2.99. The monoisotopic (exact) mass is 489 g/mol. The Balaban J connectivity index is 1.77. The number of methoxy groups -OCH3 is 1. The number of amides is 1. The van der Waals surface area contributed by atoms with Crippen molar-refractivity contribution in [3.8, 4) is 5.75 Å². The zero-order valence-corrected chi connectivity index (χ0v) is 18.6. The van der Waals surface area contributed by atoms with Crippen molar-refractivity contribution < 1.29 is 32.2 Å². The lowest BCUT2D eigenvalue weighted by molar-refractivity contribution is -0.149. The van der Waals surface area contributed by atoms with Crippen LogP contribution in [0.1, 0.15) is 22.8 Å². The Kier molecular flexibility index (Phi) is 7.96. The number of benzene rings is 3. The molecule has 0 aliphatic rings. The van der Waals surface area contributed by atoms with Crippen LogP contribution in [0.25, 0.3) is 6.08 Å². The van der Waals surface area contributed by atoms with Gasteiger partial charge >= 0.3 is 12.1 Å². The average Bonchev–Trinajstić information content (AvgIpc) is 2.81. The first-order valence-electron chi connectivity index (χ1n) is 9.92. The van der Waals surface area contributed by atoms with Crippen molar-refractivity contribution >= 4 is 35.2 Å². The minimum atomic E-state index is -4.51. The number of ether oxygens (including phenoxy) is 2. The van der Waals surface area contributed by atoms with E-state index in [1.54, 1.807) is 42.5 Å². The highest BCUT2D eigenvalue weighted by atomic mass is 35.5. The van der Waals surface area contributed by atoms with Gasteiger partial charge in [0.15, 0.2) is 0 Å². The smallest absolute Gasteiger partial charge is 0.416 e. The summed E-state index contributed by atoms with van der Waals surface area (Å²) in [7, 11) is 1.46. The number of carbonyl (C=O) groups is 2. The third kappa shape index (κ3) is 6.62. The molecule has 0 fully saturated rings. The number of rotatable bonds is 7. The zero-order chi connectivity index (χ0) is 24.7. The molecule has 1 atom stereocenters. The predicted octanol–water partition coefficient (Wildman–Crippen LogP) is 6.30. The summed E-state index contributed by atoms with van der Waals surface area (Å²) in [5, 5.41) is 2.91. The van der Waals surface area contributed by atoms with E-state index >= 15 is 0 Å². The van der Waals surface area contributed by atoms with Crippen molar-refractivity contribution in [1.29, 1.82) is 0 Å². The molecule has 0 unspecified atom stereocenters. The van der Waals surface area contributed by atoms with Crippen molar-refractivity contribution in [1.82, 2.24) is 0 Å². The first kappa shape index (κ1) is 24.9. The summed E-state index contributed by atoms with van der Waals surface area (Å²) in [6.45, 7) is 0. The highest BCUT2D eigenvalue weighted by molar-refractivity contribution is 6.32. The zero-order valence-electron chi connectivity index (χ0n) is 17.8. The Bertz CT molecular complexity index is 1200. The number of nitrogens with one attached hydrogen (secondary N) is 1. The molecule has 0 aromatic heterocycles. The number of alkyl halides is 3. The van der Waals surface area contributed by atoms with Gasteiger partial charge in [-0.3, -0.25) is 4.79 Å². The highest BCUT2D eigenvalue weighted by Gasteiger charge is 2.30. The van der Waals surface area contributed by atoms with E-state index in [1.807, 2.05) is 0 Å². The summed E-state index contributed by atoms with van der Waals surface area (Å²) in [5.41, 5.74) is 0.0655. The van der Waals surface area contributed by atoms with Gasteiger partial charge in [0.1, 0.15) is 5.75 Å². The first-order valence-corrected chi connectivity index (χ1v) is 10.3. The molecule has 3 aromatic carbocycles. The van der Waals surface area contributed by atoms with Crippen molar-refractivity contribution in [3.05, 3.63) is 101 Å². The highest BCUT2D eigenvalue weighted by Crippen LogP contribution is 2.30. The van der Waals surface area contributed by atoms with Crippen LogP contribution in [0.2, 0.25) is 5.02 Å². The molecule has 0 aliphatic carbocycles. The maximum atomic E-state index is 12.9. The number of carbonyl (C=O) groups excluding carboxylic acids is 2. The van der Waals surface area contributed by atoms with Gasteiger partial charge in [-0.05, 0) is 42.0 Å². The Morgan fingerprint density at radius 1 is 1.00 bits per heavy atom. The fraction of sp³-hybridized carbons (Fsp3) is 0.120. The van der Waals surface area contributed by atoms with E-state index in [-0.39, 0.29) is 10.6 Å². The lowest BCUT2D eigenvalue weighted by atomic mass is 10.1. The van der Waals surface area contributed by atoms with E-state index in [1.165, 1.54) is 31.4 Å². The Labute approximate surface area is 198 Å². The molecule has 0 spiro atoms. The van der Waals surface area contributed by atoms with E-state index in [0.29, 0.717) is 17.0 Å². The number of anilines is 1. The summed E-state index contributed by atoms with van der Waals surface area (Å²) in [5.74, 6) is -1.13. The minimum absolute atomic E-state index is 0.153. The van der Waals surface area contributed by atoms with Gasteiger partial charge in [-0.15, -0.1) is 0 Å². The van der Waals surface area contributed by atoms with Crippen LogP contribution in [0.15, 0.2) is 78.9 Å². The summed E-state index contributed by atoms with van der Waals surface area (Å²) in [6, 6.07) is 17.4. The Morgan fingerprint density at radius 2 is 1.74 bits per heavy atom. The van der Waals surface area contributed by atoms with E-state index in [4.69, 9.17) is 21.1 Å². The molecule has 1 amide bonds. The van der Waals surface area contributed by atoms with Crippen LogP contribution in [0.3, 0.4) is 0 Å². The van der Waals surface area contributed by atoms with Crippen LogP contribution >= 0.6 is 11.6 Å². The molecule has 0 saturated heterocycles. The van der Waals surface area contributed by atoms with Crippen LogP contribution in [-0.2, 0) is 20.5 Å². The molecule has 0 radical (unpaired) electrons. The molecule has 0 aliphatic heterocycles. The van der Waals surface area contributed by atoms with Crippen LogP contribution < -0.4 is 10.1 Å². The normalized spacial score (nSPS) is 12.3. The van der Waals surface area contributed by atoms with Crippen molar-refractivity contribution in [2.75, 3.05) is 12.4 Å². The van der Waals surface area contributed by atoms with Gasteiger partial charge in [0.05, 0.1) is 17.7 Å². The van der Waals surface area contributed by atoms with Gasteiger partial charge in [-0.1, -0.05) is 54.1 Å². The Morgan fingerprint density at radius 3 is 2.38 bits per heavy atom. The molecule has 9 heteroatoms. The second kappa shape index (κ2) is 10.9. The van der Waals surface area contributed by atoms with Crippen LogP contribution in [0, 0.1) is 0 Å². The third-order valence-corrected chi connectivity index (χ3v) is 4.91. The van der Waals surface area contributed by atoms with Crippen molar-refractivity contribution in [2.45, 2.75) is 12.3 Å². The van der Waals surface area contributed by atoms with Crippen LogP contribution in [0.5, 0.6) is 5.75 Å². The second-order valence-corrected chi connectivity index (χ2v) is 7.43. The molecule has 0 saturated carbocycles. The Hall–Kier alpha value is -3.78. The van der Waals surface area contributed by atoms with Gasteiger partial charge in [-0.25, -0.2) is 4.79 Å². The fourth-order valence-corrected chi connectivity index (χ4v) is 3.25. The number of halogens is 4. The minimum Gasteiger partial charge on any atom is -0.495 e. The van der Waals surface area contributed by atoms with E-state index in [9.17, 15) is 22.8 Å². The van der Waals surface area contributed by atoms with Crippen molar-refractivity contribution in [2.24, 2.45) is 0 Å². The van der Waals surface area contributed by atoms with E-state index in [2.05, 4.69) is 5.32 Å². The van der Waals surface area contributed by atoms with Gasteiger partial charge in [0.25, 0.3) is 5.91 Å². The molecule has 0 heterocycles. The van der Waals surface area contributed by atoms with Gasteiger partial charge in [-0.2, -0.15) is 13.2 Å². The molecule has 3 rings (SSSR count). The molecule has 1 N–H and O–H groups in total. The SMILES string of the molecule is COc1ccc(NC(=O)[C@H](OC(=O)/C=C/c2cccc(C(F)(F)F)c2)c2ccccc2)cc1Cl. The summed E-state index contributed by atoms with van der Waals surface area (Å²) in [4.78, 5) is 25.4. The lowest BCUT2D eigenvalue weighted by Gasteiger charge is -2.17. The van der Waals surface area contributed by atoms with Crippen molar-refractivity contribution in [3.63, 3.8) is 0 Å². The van der Waals surface area contributed by atoms with Gasteiger partial charge in [0, 0.05) is 17.3 Å². The maximum absolute atomic E-state index is 12.9. The van der Waals surface area contributed by atoms with Crippen LogP contribution in [-0.4, -0.2) is 19.0 Å². The third-order valence-electron chi connectivity index (χ3n) is 4.62. The predicted molar refractivity (Wildman–Crippen MR) is 122 cm³/mol. The number of hydrogen-bond acceptors (Lipinski definition) is 4. The number of hydrogen-bond donors (Lipinski definition) is 1. The standard InChI is InChI=1S/C25H19ClF3NO4/c1-33-21-12-11-19(15-20(21)26)30-24(32)23(17-7-3-2-4-8-17)34-22(31)13-10-16-6-5-9-18(14-16)25(27,28)29/h2-15,23H,1H3,(H,30,32)/b13-10+/t23-/m1/s1. The average molecular weight is 490 g/mol. The van der Waals surface area contributed by atoms with Crippen LogP contribution in [0.4, 0.5) is 18.9 Å². The maximum Gasteiger partial charge on any atom is 0.416 e. The number of esters is 1. The largest absolute Gasteiger partial charge is 0.495 e. The molecule has 3 aromatic rings. The van der Waals surface area contributed by atoms with E-state index in [0.717, 1.165) is 18.2 Å². The van der Waals surface area contributed by atoms with Gasteiger partial charge < -0.3 is 14.8 Å². The molecule has 176 valence electrons. The molecule has 34 heavy (non-hydrogen) atoms. The molecule has 0 bridgehead atoms. The van der Waals surface area contributed by atoms with Gasteiger partial charge in [0.2, 0.25) is 6.10 Å². The molecular weight excluding hydrogens is 471 g/mol.